The van der Waals surface area contributed by atoms with Gasteiger partial charge < -0.3 is 4.74 Å². The van der Waals surface area contributed by atoms with E-state index in [1.54, 1.807) is 12.1 Å². The first kappa shape index (κ1) is 8.84. The van der Waals surface area contributed by atoms with E-state index in [4.69, 9.17) is 10.00 Å². The minimum Gasteiger partial charge on any atom is -0.474 e. The molecule has 1 N–H and O–H groups in total. The lowest BCUT2D eigenvalue weighted by Gasteiger charge is -2.18. The third-order valence-corrected chi connectivity index (χ3v) is 2.70. The van der Waals surface area contributed by atoms with Crippen LogP contribution in [0.3, 0.4) is 0 Å². The Balaban J connectivity index is 2.51. The average Bonchev–Trinajstić information content (AvgIpc) is 2.15. The second kappa shape index (κ2) is 2.89. The largest absolute Gasteiger partial charge is 0.474 e. The molecule has 1 aliphatic rings. The molecule has 6 heteroatoms. The van der Waals surface area contributed by atoms with Crippen molar-refractivity contribution in [2.24, 2.45) is 0 Å². The van der Waals surface area contributed by atoms with Crippen molar-refractivity contribution in [2.75, 3.05) is 10.7 Å². The molecule has 1 heterocycles. The topological polar surface area (TPSA) is 79.2 Å². The molecule has 1 aromatic rings. The van der Waals surface area contributed by atoms with Gasteiger partial charge in [-0.25, -0.2) is 8.42 Å². The maximum absolute atomic E-state index is 11.1. The Bertz CT molecular complexity index is 516. The molecular formula is C8H6N2O3S. The van der Waals surface area contributed by atoms with Gasteiger partial charge in [-0.1, -0.05) is 0 Å². The summed E-state index contributed by atoms with van der Waals surface area (Å²) in [4.78, 5) is 0. The molecule has 0 saturated heterocycles. The first-order valence-corrected chi connectivity index (χ1v) is 5.43. The molecule has 0 spiro atoms. The van der Waals surface area contributed by atoms with Crippen LogP contribution in [0, 0.1) is 11.3 Å². The maximum Gasteiger partial charge on any atom is 0.268 e. The number of sulfonamides is 1. The highest BCUT2D eigenvalue weighted by Crippen LogP contribution is 2.29. The quantitative estimate of drug-likeness (QED) is 0.681. The van der Waals surface area contributed by atoms with Gasteiger partial charge in [0.2, 0.25) is 5.94 Å². The van der Waals surface area contributed by atoms with Crippen molar-refractivity contribution in [2.45, 2.75) is 0 Å². The van der Waals surface area contributed by atoms with Gasteiger partial charge in [-0.15, -0.1) is 0 Å². The molecule has 0 aliphatic carbocycles. The van der Waals surface area contributed by atoms with Crippen molar-refractivity contribution in [1.29, 1.82) is 5.26 Å². The second-order valence-electron chi connectivity index (χ2n) is 2.80. The minimum absolute atomic E-state index is 0.315. The predicted octanol–water partition coefficient (Wildman–Crippen LogP) is 0.650. The maximum atomic E-state index is 11.1. The van der Waals surface area contributed by atoms with Gasteiger partial charge >= 0.3 is 0 Å². The van der Waals surface area contributed by atoms with Gasteiger partial charge in [0.15, 0.2) is 0 Å². The highest BCUT2D eigenvalue weighted by atomic mass is 32.2. The lowest BCUT2D eigenvalue weighted by molar-refractivity contribution is 0.374. The molecule has 0 aromatic heterocycles. The summed E-state index contributed by atoms with van der Waals surface area (Å²) in [6.45, 7) is 0. The number of fused-ring (bicyclic) bond motifs is 1. The summed E-state index contributed by atoms with van der Waals surface area (Å²) in [5, 5.41) is 8.60. The van der Waals surface area contributed by atoms with E-state index in [-0.39, 0.29) is 5.94 Å². The Morgan fingerprint density at radius 1 is 1.50 bits per heavy atom. The third-order valence-electron chi connectivity index (χ3n) is 1.74. The second-order valence-corrected chi connectivity index (χ2v) is 4.47. The zero-order chi connectivity index (χ0) is 10.2. The summed E-state index contributed by atoms with van der Waals surface area (Å²) < 4.78 is 29.5. The van der Waals surface area contributed by atoms with Crippen LogP contribution >= 0.6 is 0 Å². The van der Waals surface area contributed by atoms with Crippen LogP contribution in [0.25, 0.3) is 0 Å². The van der Waals surface area contributed by atoms with Gasteiger partial charge in [-0.2, -0.15) is 5.26 Å². The van der Waals surface area contributed by atoms with E-state index >= 15 is 0 Å². The lowest BCUT2D eigenvalue weighted by atomic mass is 10.2. The zero-order valence-electron chi connectivity index (χ0n) is 7.02. The fraction of sp³-hybridized carbons (Fsp3) is 0.125. The van der Waals surface area contributed by atoms with Gasteiger partial charge in [0, 0.05) is 0 Å². The van der Waals surface area contributed by atoms with E-state index in [0.717, 1.165) is 0 Å². The number of benzene rings is 1. The molecule has 0 atom stereocenters. The standard InChI is InChI=1S/C8H6N2O3S/c9-4-6-1-2-8-7(3-6)10-14(11,12)5-13-8/h1-3,10H,5H2. The predicted molar refractivity (Wildman–Crippen MR) is 49.2 cm³/mol. The summed E-state index contributed by atoms with van der Waals surface area (Å²) in [6.07, 6.45) is 0. The molecule has 0 bridgehead atoms. The number of nitrogens with one attached hydrogen (secondary N) is 1. The molecule has 2 rings (SSSR count). The molecule has 1 aromatic carbocycles. The van der Waals surface area contributed by atoms with E-state index in [9.17, 15) is 8.42 Å². The van der Waals surface area contributed by atoms with E-state index in [1.165, 1.54) is 6.07 Å². The van der Waals surface area contributed by atoms with Gasteiger partial charge in [0.05, 0.1) is 17.3 Å². The molecule has 0 amide bonds. The number of rotatable bonds is 0. The van der Waals surface area contributed by atoms with E-state index in [2.05, 4.69) is 4.72 Å². The van der Waals surface area contributed by atoms with Crippen LogP contribution in [0.1, 0.15) is 5.56 Å². The van der Waals surface area contributed by atoms with Gasteiger partial charge in [-0.05, 0) is 18.2 Å². The van der Waals surface area contributed by atoms with Crippen LogP contribution in [0.4, 0.5) is 5.69 Å². The smallest absolute Gasteiger partial charge is 0.268 e. The molecule has 0 unspecified atom stereocenters. The normalized spacial score (nSPS) is 17.1. The number of hydrogen-bond acceptors (Lipinski definition) is 4. The molecule has 0 radical (unpaired) electrons. The average molecular weight is 210 g/mol. The zero-order valence-corrected chi connectivity index (χ0v) is 7.84. The highest BCUT2D eigenvalue weighted by Gasteiger charge is 2.21. The molecule has 1 aliphatic heterocycles. The fourth-order valence-corrected chi connectivity index (χ4v) is 1.98. The molecular weight excluding hydrogens is 204 g/mol. The van der Waals surface area contributed by atoms with Crippen LogP contribution in [0.2, 0.25) is 0 Å². The monoisotopic (exact) mass is 210 g/mol. The SMILES string of the molecule is N#Cc1ccc2c(c1)NS(=O)(=O)CO2. The molecule has 0 saturated carbocycles. The number of hydrogen-bond donors (Lipinski definition) is 1. The highest BCUT2D eigenvalue weighted by molar-refractivity contribution is 7.92. The number of anilines is 1. The summed E-state index contributed by atoms with van der Waals surface area (Å²) in [7, 11) is -3.40. The van der Waals surface area contributed by atoms with Crippen molar-refractivity contribution in [3.05, 3.63) is 23.8 Å². The van der Waals surface area contributed by atoms with E-state index < -0.39 is 10.0 Å². The van der Waals surface area contributed by atoms with Crippen molar-refractivity contribution >= 4 is 15.7 Å². The molecule has 14 heavy (non-hydrogen) atoms. The Hall–Kier alpha value is -1.74. The van der Waals surface area contributed by atoms with Crippen LogP contribution in [0.15, 0.2) is 18.2 Å². The Morgan fingerprint density at radius 2 is 2.29 bits per heavy atom. The van der Waals surface area contributed by atoms with Gasteiger partial charge in [-0.3, -0.25) is 4.72 Å². The van der Waals surface area contributed by atoms with Crippen LogP contribution in [0.5, 0.6) is 5.75 Å². The molecule has 72 valence electrons. The first-order chi connectivity index (χ1) is 6.61. The van der Waals surface area contributed by atoms with E-state index in [1.807, 2.05) is 6.07 Å². The van der Waals surface area contributed by atoms with Crippen molar-refractivity contribution in [1.82, 2.24) is 0 Å². The summed E-state index contributed by atoms with van der Waals surface area (Å²) >= 11 is 0. The first-order valence-electron chi connectivity index (χ1n) is 3.78. The Labute approximate surface area is 81.0 Å². The fourth-order valence-electron chi connectivity index (χ4n) is 1.14. The van der Waals surface area contributed by atoms with E-state index in [0.29, 0.717) is 17.0 Å². The lowest BCUT2D eigenvalue weighted by Crippen LogP contribution is -2.25. The van der Waals surface area contributed by atoms with Crippen LogP contribution < -0.4 is 9.46 Å². The summed E-state index contributed by atoms with van der Waals surface area (Å²) in [6, 6.07) is 6.48. The molecule has 5 nitrogen and oxygen atoms in total. The third kappa shape index (κ3) is 1.49. The van der Waals surface area contributed by atoms with Crippen molar-refractivity contribution in [3.8, 4) is 11.8 Å². The van der Waals surface area contributed by atoms with Crippen LogP contribution in [-0.2, 0) is 10.0 Å². The minimum atomic E-state index is -3.40. The number of ether oxygens (including phenoxy) is 1. The van der Waals surface area contributed by atoms with Crippen molar-refractivity contribution in [3.63, 3.8) is 0 Å². The summed E-state index contributed by atoms with van der Waals surface area (Å²) in [5.74, 6) is 0.0603. The Morgan fingerprint density at radius 3 is 3.00 bits per heavy atom. The summed E-state index contributed by atoms with van der Waals surface area (Å²) in [5.41, 5.74) is 0.701. The van der Waals surface area contributed by atoms with Gasteiger partial charge in [0.25, 0.3) is 10.0 Å². The van der Waals surface area contributed by atoms with Crippen LogP contribution in [-0.4, -0.2) is 14.4 Å². The number of nitrogens with zero attached hydrogens (tertiary/aromatic N) is 1. The van der Waals surface area contributed by atoms with Crippen molar-refractivity contribution < 1.29 is 13.2 Å². The Kier molecular flexibility index (Phi) is 1.82. The number of nitriles is 1. The molecule has 0 fully saturated rings. The van der Waals surface area contributed by atoms with Gasteiger partial charge in [0.1, 0.15) is 5.75 Å².